The number of benzene rings is 1. The summed E-state index contributed by atoms with van der Waals surface area (Å²) in [7, 11) is 1.87. The highest BCUT2D eigenvalue weighted by Gasteiger charge is 2.14. The van der Waals surface area contributed by atoms with E-state index in [1.165, 1.54) is 0 Å². The van der Waals surface area contributed by atoms with Crippen LogP contribution in [0.4, 0.5) is 5.69 Å². The Morgan fingerprint density at radius 1 is 1.37 bits per heavy atom. The van der Waals surface area contributed by atoms with Gasteiger partial charge in [0, 0.05) is 24.8 Å². The van der Waals surface area contributed by atoms with Crippen molar-refractivity contribution in [3.8, 4) is 0 Å². The molecule has 0 bridgehead atoms. The summed E-state index contributed by atoms with van der Waals surface area (Å²) in [5.74, 6) is 0.00476. The average molecular weight is 264 g/mol. The van der Waals surface area contributed by atoms with Crippen molar-refractivity contribution >= 4 is 11.6 Å². The van der Waals surface area contributed by atoms with Crippen LogP contribution < -0.4 is 10.2 Å². The molecule has 4 heteroatoms. The zero-order valence-corrected chi connectivity index (χ0v) is 12.0. The number of anilines is 1. The molecule has 0 aliphatic rings. The summed E-state index contributed by atoms with van der Waals surface area (Å²) in [5, 5.41) is 12.9. The van der Waals surface area contributed by atoms with Crippen molar-refractivity contribution in [3.63, 3.8) is 0 Å². The van der Waals surface area contributed by atoms with E-state index >= 15 is 0 Å². The SMILES string of the molecule is CCCNC(=O)CN(C)c1ccccc1[C@@H](O)CC. The number of aliphatic hydroxyl groups excluding tert-OH is 1. The topological polar surface area (TPSA) is 52.6 Å². The van der Waals surface area contributed by atoms with Crippen LogP contribution in [0, 0.1) is 0 Å². The van der Waals surface area contributed by atoms with Crippen LogP contribution in [0.1, 0.15) is 38.4 Å². The Balaban J connectivity index is 2.76. The number of amides is 1. The molecule has 0 aliphatic heterocycles. The molecule has 1 aromatic carbocycles. The molecule has 0 radical (unpaired) electrons. The maximum Gasteiger partial charge on any atom is 0.239 e. The lowest BCUT2D eigenvalue weighted by atomic mass is 10.0. The number of aliphatic hydroxyl groups is 1. The van der Waals surface area contributed by atoms with Crippen molar-refractivity contribution in [2.24, 2.45) is 0 Å². The van der Waals surface area contributed by atoms with Gasteiger partial charge in [-0.25, -0.2) is 0 Å². The zero-order valence-electron chi connectivity index (χ0n) is 12.0. The van der Waals surface area contributed by atoms with Crippen LogP contribution in [0.15, 0.2) is 24.3 Å². The second-order valence-electron chi connectivity index (χ2n) is 4.69. The van der Waals surface area contributed by atoms with E-state index in [0.717, 1.165) is 17.7 Å². The van der Waals surface area contributed by atoms with Gasteiger partial charge in [-0.1, -0.05) is 32.0 Å². The molecule has 4 nitrogen and oxygen atoms in total. The minimum atomic E-state index is -0.489. The fraction of sp³-hybridized carbons (Fsp3) is 0.533. The van der Waals surface area contributed by atoms with E-state index in [-0.39, 0.29) is 5.91 Å². The summed E-state index contributed by atoms with van der Waals surface area (Å²) in [5.41, 5.74) is 1.78. The maximum absolute atomic E-state index is 11.7. The molecule has 1 atom stereocenters. The van der Waals surface area contributed by atoms with Gasteiger partial charge >= 0.3 is 0 Å². The van der Waals surface area contributed by atoms with E-state index in [4.69, 9.17) is 0 Å². The molecule has 0 saturated carbocycles. The Labute approximate surface area is 115 Å². The minimum Gasteiger partial charge on any atom is -0.388 e. The van der Waals surface area contributed by atoms with Crippen molar-refractivity contribution in [2.45, 2.75) is 32.8 Å². The minimum absolute atomic E-state index is 0.00476. The van der Waals surface area contributed by atoms with E-state index < -0.39 is 6.10 Å². The Bertz CT molecular complexity index is 407. The average Bonchev–Trinajstić information content (AvgIpc) is 2.44. The predicted octanol–water partition coefficient (Wildman–Crippen LogP) is 2.09. The standard InChI is InChI=1S/C15H24N2O2/c1-4-10-16-15(19)11-17(3)13-9-7-6-8-12(13)14(18)5-2/h6-9,14,18H,4-5,10-11H2,1-3H3,(H,16,19)/t14-/m0/s1. The first-order valence-corrected chi connectivity index (χ1v) is 6.84. The van der Waals surface area contributed by atoms with E-state index in [2.05, 4.69) is 5.32 Å². The van der Waals surface area contributed by atoms with E-state index in [1.54, 1.807) is 0 Å². The summed E-state index contributed by atoms with van der Waals surface area (Å²) >= 11 is 0. The fourth-order valence-electron chi connectivity index (χ4n) is 1.96. The van der Waals surface area contributed by atoms with Crippen molar-refractivity contribution in [2.75, 3.05) is 25.0 Å². The fourth-order valence-corrected chi connectivity index (χ4v) is 1.96. The van der Waals surface area contributed by atoms with Gasteiger partial charge in [0.1, 0.15) is 0 Å². The third kappa shape index (κ3) is 4.56. The highest BCUT2D eigenvalue weighted by molar-refractivity contribution is 5.81. The second-order valence-corrected chi connectivity index (χ2v) is 4.69. The molecule has 0 aliphatic carbocycles. The predicted molar refractivity (Wildman–Crippen MR) is 78.3 cm³/mol. The van der Waals surface area contributed by atoms with Gasteiger partial charge in [-0.3, -0.25) is 4.79 Å². The van der Waals surface area contributed by atoms with E-state index in [1.807, 2.05) is 50.1 Å². The van der Waals surface area contributed by atoms with Crippen molar-refractivity contribution in [1.82, 2.24) is 5.32 Å². The van der Waals surface area contributed by atoms with Gasteiger partial charge in [0.2, 0.25) is 5.91 Å². The molecular weight excluding hydrogens is 240 g/mol. The first-order chi connectivity index (χ1) is 9.10. The number of hydrogen-bond acceptors (Lipinski definition) is 3. The summed E-state index contributed by atoms with van der Waals surface area (Å²) in [6.07, 6.45) is 1.10. The lowest BCUT2D eigenvalue weighted by molar-refractivity contribution is -0.119. The molecule has 1 aromatic rings. The Morgan fingerprint density at radius 2 is 2.05 bits per heavy atom. The molecule has 0 aromatic heterocycles. The molecule has 106 valence electrons. The Morgan fingerprint density at radius 3 is 2.68 bits per heavy atom. The molecule has 0 heterocycles. The molecule has 19 heavy (non-hydrogen) atoms. The van der Waals surface area contributed by atoms with Gasteiger partial charge in [-0.15, -0.1) is 0 Å². The second kappa shape index (κ2) is 7.79. The molecule has 0 saturated heterocycles. The van der Waals surface area contributed by atoms with Gasteiger partial charge < -0.3 is 15.3 Å². The van der Waals surface area contributed by atoms with Crippen LogP contribution in [0.25, 0.3) is 0 Å². The molecule has 1 rings (SSSR count). The molecule has 2 N–H and O–H groups in total. The highest BCUT2D eigenvalue weighted by Crippen LogP contribution is 2.27. The number of nitrogens with one attached hydrogen (secondary N) is 1. The van der Waals surface area contributed by atoms with Crippen molar-refractivity contribution < 1.29 is 9.90 Å². The highest BCUT2D eigenvalue weighted by atomic mass is 16.3. The Kier molecular flexibility index (Phi) is 6.36. The maximum atomic E-state index is 11.7. The van der Waals surface area contributed by atoms with Crippen LogP contribution >= 0.6 is 0 Å². The van der Waals surface area contributed by atoms with Crippen molar-refractivity contribution in [3.05, 3.63) is 29.8 Å². The van der Waals surface area contributed by atoms with Crippen LogP contribution in [0.5, 0.6) is 0 Å². The summed E-state index contributed by atoms with van der Waals surface area (Å²) in [4.78, 5) is 13.6. The number of likely N-dealkylation sites (N-methyl/N-ethyl adjacent to an activating group) is 1. The number of carbonyl (C=O) groups is 1. The zero-order chi connectivity index (χ0) is 14.3. The molecular formula is C15H24N2O2. The van der Waals surface area contributed by atoms with E-state index in [0.29, 0.717) is 19.5 Å². The third-order valence-corrected chi connectivity index (χ3v) is 3.05. The molecule has 1 amide bonds. The van der Waals surface area contributed by atoms with Gasteiger partial charge in [-0.05, 0) is 18.9 Å². The molecule has 0 unspecified atom stereocenters. The Hall–Kier alpha value is -1.55. The molecule has 0 spiro atoms. The monoisotopic (exact) mass is 264 g/mol. The summed E-state index contributed by atoms with van der Waals surface area (Å²) in [6, 6.07) is 7.66. The van der Waals surface area contributed by atoms with Crippen LogP contribution in [0.2, 0.25) is 0 Å². The van der Waals surface area contributed by atoms with Gasteiger partial charge in [0.15, 0.2) is 0 Å². The first-order valence-electron chi connectivity index (χ1n) is 6.84. The smallest absolute Gasteiger partial charge is 0.239 e. The van der Waals surface area contributed by atoms with Gasteiger partial charge in [-0.2, -0.15) is 0 Å². The summed E-state index contributed by atoms with van der Waals surface area (Å²) in [6.45, 7) is 4.96. The third-order valence-electron chi connectivity index (χ3n) is 3.05. The lowest BCUT2D eigenvalue weighted by Gasteiger charge is -2.23. The quantitative estimate of drug-likeness (QED) is 0.793. The molecule has 0 fully saturated rings. The summed E-state index contributed by atoms with van der Waals surface area (Å²) < 4.78 is 0. The van der Waals surface area contributed by atoms with Gasteiger partial charge in [0.25, 0.3) is 0 Å². The number of carbonyl (C=O) groups excluding carboxylic acids is 1. The van der Waals surface area contributed by atoms with Gasteiger partial charge in [0.05, 0.1) is 12.6 Å². The first kappa shape index (κ1) is 15.5. The lowest BCUT2D eigenvalue weighted by Crippen LogP contribution is -2.35. The van der Waals surface area contributed by atoms with Crippen LogP contribution in [0.3, 0.4) is 0 Å². The number of para-hydroxylation sites is 1. The van der Waals surface area contributed by atoms with E-state index in [9.17, 15) is 9.90 Å². The normalized spacial score (nSPS) is 12.0. The number of rotatable bonds is 7. The number of hydrogen-bond donors (Lipinski definition) is 2. The van der Waals surface area contributed by atoms with Crippen LogP contribution in [-0.4, -0.2) is 31.2 Å². The largest absolute Gasteiger partial charge is 0.388 e. The number of nitrogens with zero attached hydrogens (tertiary/aromatic N) is 1. The van der Waals surface area contributed by atoms with Crippen molar-refractivity contribution in [1.29, 1.82) is 0 Å². The van der Waals surface area contributed by atoms with Crippen LogP contribution in [-0.2, 0) is 4.79 Å².